The van der Waals surface area contributed by atoms with Crippen LogP contribution in [0.15, 0.2) is 28.7 Å². The molecule has 9 nitrogen and oxygen atoms in total. The molecule has 0 aliphatic rings. The summed E-state index contributed by atoms with van der Waals surface area (Å²) in [5.41, 5.74) is -0.128. The second kappa shape index (κ2) is 7.47. The van der Waals surface area contributed by atoms with Crippen LogP contribution in [-0.2, 0) is 16.1 Å². The fourth-order valence-corrected chi connectivity index (χ4v) is 2.11. The summed E-state index contributed by atoms with van der Waals surface area (Å²) in [5, 5.41) is 11.0. The first-order chi connectivity index (χ1) is 11.9. The molecule has 0 amide bonds. The standard InChI is InChI=1S/C16H15NO8/c1-9-12(16(19)23-3)7-11(25-9)8-24-15(18)10-4-5-14(22-2)13(6-10)17(20)21/h4-7H,8H2,1-3H3. The molecule has 9 heteroatoms. The Morgan fingerprint density at radius 1 is 1.20 bits per heavy atom. The maximum Gasteiger partial charge on any atom is 0.341 e. The van der Waals surface area contributed by atoms with Crippen LogP contribution >= 0.6 is 0 Å². The number of nitro benzene ring substituents is 1. The summed E-state index contributed by atoms with van der Waals surface area (Å²) < 4.78 is 19.8. The Balaban J connectivity index is 2.12. The molecular weight excluding hydrogens is 334 g/mol. The molecule has 0 aliphatic carbocycles. The monoisotopic (exact) mass is 349 g/mol. The van der Waals surface area contributed by atoms with Crippen LogP contribution < -0.4 is 4.74 Å². The molecular formula is C16H15NO8. The van der Waals surface area contributed by atoms with E-state index in [1.807, 2.05) is 0 Å². The van der Waals surface area contributed by atoms with Crippen molar-refractivity contribution < 1.29 is 33.1 Å². The Hall–Kier alpha value is -3.36. The molecule has 132 valence electrons. The zero-order valence-electron chi connectivity index (χ0n) is 13.7. The van der Waals surface area contributed by atoms with Crippen molar-refractivity contribution >= 4 is 17.6 Å². The fourth-order valence-electron chi connectivity index (χ4n) is 2.11. The number of rotatable bonds is 6. The normalized spacial score (nSPS) is 10.2. The van der Waals surface area contributed by atoms with E-state index in [2.05, 4.69) is 4.74 Å². The van der Waals surface area contributed by atoms with Gasteiger partial charge < -0.3 is 18.6 Å². The van der Waals surface area contributed by atoms with Crippen LogP contribution in [0.2, 0.25) is 0 Å². The zero-order valence-corrected chi connectivity index (χ0v) is 13.7. The first kappa shape index (κ1) is 18.0. The molecule has 25 heavy (non-hydrogen) atoms. The number of benzene rings is 1. The number of nitrogens with zero attached hydrogens (tertiary/aromatic N) is 1. The third-order valence-electron chi connectivity index (χ3n) is 3.33. The molecule has 1 aromatic heterocycles. The zero-order chi connectivity index (χ0) is 18.6. The number of hydrogen-bond donors (Lipinski definition) is 0. The Morgan fingerprint density at radius 2 is 1.92 bits per heavy atom. The van der Waals surface area contributed by atoms with Gasteiger partial charge in [0.15, 0.2) is 5.75 Å². The van der Waals surface area contributed by atoms with E-state index < -0.39 is 16.9 Å². The predicted molar refractivity (Wildman–Crippen MR) is 83.6 cm³/mol. The van der Waals surface area contributed by atoms with Crippen molar-refractivity contribution in [2.45, 2.75) is 13.5 Å². The van der Waals surface area contributed by atoms with E-state index in [1.165, 1.54) is 32.4 Å². The summed E-state index contributed by atoms with van der Waals surface area (Å²) in [6.07, 6.45) is 0. The number of furan rings is 1. The number of nitro groups is 1. The van der Waals surface area contributed by atoms with Gasteiger partial charge in [-0.15, -0.1) is 0 Å². The van der Waals surface area contributed by atoms with E-state index in [9.17, 15) is 19.7 Å². The second-order valence-corrected chi connectivity index (χ2v) is 4.89. The minimum atomic E-state index is -0.778. The van der Waals surface area contributed by atoms with Crippen LogP contribution in [0.3, 0.4) is 0 Å². The highest BCUT2D eigenvalue weighted by molar-refractivity contribution is 5.91. The van der Waals surface area contributed by atoms with Crippen LogP contribution in [0.5, 0.6) is 5.75 Å². The van der Waals surface area contributed by atoms with E-state index in [-0.39, 0.29) is 34.9 Å². The van der Waals surface area contributed by atoms with Crippen LogP contribution in [0.4, 0.5) is 5.69 Å². The predicted octanol–water partition coefficient (Wildman–Crippen LogP) is 2.65. The molecule has 1 aromatic carbocycles. The van der Waals surface area contributed by atoms with Gasteiger partial charge in [0.1, 0.15) is 23.7 Å². The molecule has 0 bridgehead atoms. The second-order valence-electron chi connectivity index (χ2n) is 4.89. The lowest BCUT2D eigenvalue weighted by molar-refractivity contribution is -0.385. The van der Waals surface area contributed by atoms with Crippen LogP contribution in [0.25, 0.3) is 0 Å². The van der Waals surface area contributed by atoms with Gasteiger partial charge in [-0.25, -0.2) is 9.59 Å². The minimum Gasteiger partial charge on any atom is -0.490 e. The first-order valence-corrected chi connectivity index (χ1v) is 7.04. The number of aryl methyl sites for hydroxylation is 1. The van der Waals surface area contributed by atoms with Crippen molar-refractivity contribution in [1.29, 1.82) is 0 Å². The highest BCUT2D eigenvalue weighted by atomic mass is 16.6. The van der Waals surface area contributed by atoms with Crippen molar-refractivity contribution in [2.75, 3.05) is 14.2 Å². The van der Waals surface area contributed by atoms with Crippen molar-refractivity contribution in [3.8, 4) is 5.75 Å². The number of hydrogen-bond acceptors (Lipinski definition) is 8. The summed E-state index contributed by atoms with van der Waals surface area (Å²) >= 11 is 0. The number of ether oxygens (including phenoxy) is 3. The average Bonchev–Trinajstić information content (AvgIpc) is 2.99. The van der Waals surface area contributed by atoms with E-state index in [0.717, 1.165) is 6.07 Å². The summed E-state index contributed by atoms with van der Waals surface area (Å²) in [6, 6.07) is 5.13. The van der Waals surface area contributed by atoms with E-state index >= 15 is 0 Å². The summed E-state index contributed by atoms with van der Waals surface area (Å²) in [5.74, 6) is -0.734. The molecule has 1 heterocycles. The van der Waals surface area contributed by atoms with Crippen LogP contribution in [0, 0.1) is 17.0 Å². The minimum absolute atomic E-state index is 0.0102. The highest BCUT2D eigenvalue weighted by Crippen LogP contribution is 2.28. The van der Waals surface area contributed by atoms with Gasteiger partial charge in [-0.05, 0) is 25.1 Å². The van der Waals surface area contributed by atoms with Gasteiger partial charge in [0, 0.05) is 6.07 Å². The maximum absolute atomic E-state index is 12.1. The van der Waals surface area contributed by atoms with Gasteiger partial charge in [0.05, 0.1) is 24.7 Å². The fraction of sp³-hybridized carbons (Fsp3) is 0.250. The van der Waals surface area contributed by atoms with Gasteiger partial charge in [-0.1, -0.05) is 0 Å². The van der Waals surface area contributed by atoms with Gasteiger partial charge in [-0.3, -0.25) is 10.1 Å². The van der Waals surface area contributed by atoms with E-state index in [0.29, 0.717) is 5.76 Å². The number of carbonyl (C=O) groups is 2. The average molecular weight is 349 g/mol. The number of methoxy groups -OCH3 is 2. The number of carbonyl (C=O) groups excluding carboxylic acids is 2. The SMILES string of the molecule is COC(=O)c1cc(COC(=O)c2ccc(OC)c([N+](=O)[O-])c2)oc1C. The largest absolute Gasteiger partial charge is 0.490 e. The lowest BCUT2D eigenvalue weighted by Crippen LogP contribution is -2.06. The summed E-state index contributed by atoms with van der Waals surface area (Å²) in [6.45, 7) is 1.33. The van der Waals surface area contributed by atoms with E-state index in [1.54, 1.807) is 6.92 Å². The van der Waals surface area contributed by atoms with Gasteiger partial charge in [0.2, 0.25) is 0 Å². The Labute approximate surface area is 142 Å². The van der Waals surface area contributed by atoms with Crippen molar-refractivity contribution in [3.63, 3.8) is 0 Å². The summed E-state index contributed by atoms with van der Waals surface area (Å²) in [7, 11) is 2.53. The van der Waals surface area contributed by atoms with Crippen LogP contribution in [-0.4, -0.2) is 31.1 Å². The van der Waals surface area contributed by atoms with Crippen molar-refractivity contribution in [3.05, 3.63) is 57.0 Å². The Kier molecular flexibility index (Phi) is 5.38. The molecule has 2 rings (SSSR count). The highest BCUT2D eigenvalue weighted by Gasteiger charge is 2.20. The molecule has 0 radical (unpaired) electrons. The van der Waals surface area contributed by atoms with Crippen molar-refractivity contribution in [1.82, 2.24) is 0 Å². The third-order valence-corrected chi connectivity index (χ3v) is 3.33. The van der Waals surface area contributed by atoms with Crippen molar-refractivity contribution in [2.24, 2.45) is 0 Å². The first-order valence-electron chi connectivity index (χ1n) is 7.04. The third kappa shape index (κ3) is 3.94. The lowest BCUT2D eigenvalue weighted by Gasteiger charge is -2.05. The Bertz CT molecular complexity index is 824. The van der Waals surface area contributed by atoms with Gasteiger partial charge in [0.25, 0.3) is 0 Å². The van der Waals surface area contributed by atoms with Gasteiger partial charge in [-0.2, -0.15) is 0 Å². The summed E-state index contributed by atoms with van der Waals surface area (Å²) in [4.78, 5) is 33.9. The Morgan fingerprint density at radius 3 is 2.52 bits per heavy atom. The molecule has 0 N–H and O–H groups in total. The molecule has 0 saturated heterocycles. The molecule has 0 unspecified atom stereocenters. The molecule has 2 aromatic rings. The van der Waals surface area contributed by atoms with Gasteiger partial charge >= 0.3 is 17.6 Å². The van der Waals surface area contributed by atoms with Crippen LogP contribution in [0.1, 0.15) is 32.2 Å². The molecule has 0 spiro atoms. The molecule has 0 fully saturated rings. The maximum atomic E-state index is 12.1. The lowest BCUT2D eigenvalue weighted by atomic mass is 10.2. The smallest absolute Gasteiger partial charge is 0.341 e. The molecule has 0 atom stereocenters. The topological polar surface area (TPSA) is 118 Å². The van der Waals surface area contributed by atoms with E-state index in [4.69, 9.17) is 13.9 Å². The molecule has 0 saturated carbocycles. The number of esters is 2. The quantitative estimate of drug-likeness (QED) is 0.443. The molecule has 0 aliphatic heterocycles.